The number of thioether (sulfide) groups is 1. The number of hydrogen-bond acceptors (Lipinski definition) is 2. The molecule has 1 fully saturated rings. The van der Waals surface area contributed by atoms with Crippen molar-refractivity contribution in [2.75, 3.05) is 0 Å². The minimum absolute atomic E-state index is 0.0967. The molecule has 2 rings (SSSR count). The van der Waals surface area contributed by atoms with Crippen molar-refractivity contribution in [1.82, 2.24) is 0 Å². The molecule has 0 aliphatic heterocycles. The molecule has 76 valence electrons. The summed E-state index contributed by atoms with van der Waals surface area (Å²) in [6, 6.07) is 8.51. The Bertz CT molecular complexity index is 311. The predicted octanol–water partition coefficient (Wildman–Crippen LogP) is 3.00. The zero-order chi connectivity index (χ0) is 9.97. The summed E-state index contributed by atoms with van der Waals surface area (Å²) in [6.07, 6.45) is 3.20. The average Bonchev–Trinajstić information content (AvgIpc) is 2.52. The van der Waals surface area contributed by atoms with Gasteiger partial charge in [0.05, 0.1) is 6.10 Å². The van der Waals surface area contributed by atoms with Crippen LogP contribution in [0.5, 0.6) is 0 Å². The van der Waals surface area contributed by atoms with Crippen LogP contribution in [-0.2, 0) is 0 Å². The third kappa shape index (κ3) is 2.31. The Balaban J connectivity index is 2.03. The molecule has 1 saturated carbocycles. The highest BCUT2D eigenvalue weighted by atomic mass is 32.2. The molecule has 0 heterocycles. The molecule has 0 unspecified atom stereocenters. The summed E-state index contributed by atoms with van der Waals surface area (Å²) in [7, 11) is 0. The molecule has 0 bridgehead atoms. The Morgan fingerprint density at radius 2 is 2.21 bits per heavy atom. The molecule has 2 atom stereocenters. The van der Waals surface area contributed by atoms with Crippen molar-refractivity contribution in [3.8, 4) is 0 Å². The predicted molar refractivity (Wildman–Crippen MR) is 60.7 cm³/mol. The average molecular weight is 208 g/mol. The molecule has 1 aromatic rings. The number of benzene rings is 1. The van der Waals surface area contributed by atoms with Crippen molar-refractivity contribution in [3.63, 3.8) is 0 Å². The first-order chi connectivity index (χ1) is 6.75. The molecular weight excluding hydrogens is 192 g/mol. The second-order valence-electron chi connectivity index (χ2n) is 3.97. The van der Waals surface area contributed by atoms with Crippen LogP contribution in [-0.4, -0.2) is 16.5 Å². The third-order valence-corrected chi connectivity index (χ3v) is 4.07. The van der Waals surface area contributed by atoms with Crippen LogP contribution >= 0.6 is 11.8 Å². The maximum absolute atomic E-state index is 9.70. The Morgan fingerprint density at radius 1 is 1.36 bits per heavy atom. The summed E-state index contributed by atoms with van der Waals surface area (Å²) in [5.41, 5.74) is 1.29. The maximum Gasteiger partial charge on any atom is 0.0662 e. The van der Waals surface area contributed by atoms with E-state index in [2.05, 4.69) is 31.2 Å². The second-order valence-corrected chi connectivity index (χ2v) is 5.28. The van der Waals surface area contributed by atoms with Gasteiger partial charge in [-0.25, -0.2) is 0 Å². The van der Waals surface area contributed by atoms with Gasteiger partial charge in [-0.2, -0.15) is 0 Å². The van der Waals surface area contributed by atoms with Crippen molar-refractivity contribution in [3.05, 3.63) is 29.8 Å². The molecule has 1 aromatic carbocycles. The van der Waals surface area contributed by atoms with Crippen LogP contribution in [0.15, 0.2) is 29.2 Å². The number of hydrogen-bond donors (Lipinski definition) is 1. The number of aryl methyl sites for hydroxylation is 1. The van der Waals surface area contributed by atoms with E-state index in [-0.39, 0.29) is 6.10 Å². The fourth-order valence-corrected chi connectivity index (χ4v) is 3.25. The molecule has 2 heteroatoms. The molecule has 0 spiro atoms. The summed E-state index contributed by atoms with van der Waals surface area (Å²) < 4.78 is 0. The van der Waals surface area contributed by atoms with Gasteiger partial charge in [0.15, 0.2) is 0 Å². The quantitative estimate of drug-likeness (QED) is 0.806. The molecule has 1 aliphatic rings. The summed E-state index contributed by atoms with van der Waals surface area (Å²) in [5.74, 6) is 0. The maximum atomic E-state index is 9.70. The van der Waals surface area contributed by atoms with Crippen LogP contribution in [0.2, 0.25) is 0 Å². The molecule has 1 nitrogen and oxygen atoms in total. The standard InChI is InChI=1S/C12H16OS/c1-9-4-2-5-10(8-9)14-12-7-3-6-11(12)13/h2,4-5,8,11-13H,3,6-7H2,1H3/t11-,12-/m1/s1. The lowest BCUT2D eigenvalue weighted by molar-refractivity contribution is 0.188. The Hall–Kier alpha value is -0.470. The van der Waals surface area contributed by atoms with Gasteiger partial charge in [-0.1, -0.05) is 17.7 Å². The Labute approximate surface area is 89.5 Å². The normalized spacial score (nSPS) is 26.7. The topological polar surface area (TPSA) is 20.2 Å². The van der Waals surface area contributed by atoms with Gasteiger partial charge in [0, 0.05) is 10.1 Å². The number of rotatable bonds is 2. The SMILES string of the molecule is Cc1cccc(S[C@@H]2CCC[C@H]2O)c1. The molecule has 1 aliphatic carbocycles. The number of aliphatic hydroxyl groups is 1. The van der Waals surface area contributed by atoms with Gasteiger partial charge < -0.3 is 5.11 Å². The van der Waals surface area contributed by atoms with E-state index in [0.29, 0.717) is 5.25 Å². The number of aliphatic hydroxyl groups excluding tert-OH is 1. The first kappa shape index (κ1) is 10.1. The summed E-state index contributed by atoms with van der Waals surface area (Å²) in [6.45, 7) is 2.11. The zero-order valence-electron chi connectivity index (χ0n) is 8.44. The lowest BCUT2D eigenvalue weighted by atomic mass is 10.2. The van der Waals surface area contributed by atoms with E-state index < -0.39 is 0 Å². The monoisotopic (exact) mass is 208 g/mol. The Kier molecular flexibility index (Phi) is 3.14. The van der Waals surface area contributed by atoms with Gasteiger partial charge in [-0.3, -0.25) is 0 Å². The van der Waals surface area contributed by atoms with Crippen molar-refractivity contribution in [1.29, 1.82) is 0 Å². The zero-order valence-corrected chi connectivity index (χ0v) is 9.26. The molecule has 0 aromatic heterocycles. The lowest BCUT2D eigenvalue weighted by Crippen LogP contribution is -2.14. The summed E-state index contributed by atoms with van der Waals surface area (Å²) in [5, 5.41) is 10.1. The van der Waals surface area contributed by atoms with E-state index >= 15 is 0 Å². The van der Waals surface area contributed by atoms with E-state index in [1.54, 1.807) is 0 Å². The van der Waals surface area contributed by atoms with Crippen LogP contribution < -0.4 is 0 Å². The van der Waals surface area contributed by atoms with E-state index in [9.17, 15) is 5.11 Å². The van der Waals surface area contributed by atoms with E-state index in [0.717, 1.165) is 12.8 Å². The highest BCUT2D eigenvalue weighted by Crippen LogP contribution is 2.35. The van der Waals surface area contributed by atoms with Gasteiger partial charge in [0.1, 0.15) is 0 Å². The van der Waals surface area contributed by atoms with E-state index in [4.69, 9.17) is 0 Å². The fraction of sp³-hybridized carbons (Fsp3) is 0.500. The van der Waals surface area contributed by atoms with Gasteiger partial charge in [-0.15, -0.1) is 11.8 Å². The van der Waals surface area contributed by atoms with Crippen molar-refractivity contribution < 1.29 is 5.11 Å². The van der Waals surface area contributed by atoms with Crippen LogP contribution in [0.3, 0.4) is 0 Å². The fourth-order valence-electron chi connectivity index (χ4n) is 1.91. The lowest BCUT2D eigenvalue weighted by Gasteiger charge is -2.13. The third-order valence-electron chi connectivity index (χ3n) is 2.69. The van der Waals surface area contributed by atoms with Gasteiger partial charge in [0.25, 0.3) is 0 Å². The van der Waals surface area contributed by atoms with Crippen LogP contribution in [0.1, 0.15) is 24.8 Å². The second kappa shape index (κ2) is 4.37. The van der Waals surface area contributed by atoms with Crippen molar-refractivity contribution in [2.24, 2.45) is 0 Å². The molecule has 0 radical (unpaired) electrons. The largest absolute Gasteiger partial charge is 0.392 e. The molecule has 0 amide bonds. The van der Waals surface area contributed by atoms with Crippen LogP contribution in [0.4, 0.5) is 0 Å². The summed E-state index contributed by atoms with van der Waals surface area (Å²) >= 11 is 1.82. The molecule has 14 heavy (non-hydrogen) atoms. The van der Waals surface area contributed by atoms with Gasteiger partial charge >= 0.3 is 0 Å². The van der Waals surface area contributed by atoms with Crippen molar-refractivity contribution >= 4 is 11.8 Å². The van der Waals surface area contributed by atoms with E-state index in [1.165, 1.54) is 16.9 Å². The van der Waals surface area contributed by atoms with Gasteiger partial charge in [-0.05, 0) is 38.3 Å². The molecule has 1 N–H and O–H groups in total. The first-order valence-electron chi connectivity index (χ1n) is 5.17. The van der Waals surface area contributed by atoms with Crippen molar-refractivity contribution in [2.45, 2.75) is 42.4 Å². The van der Waals surface area contributed by atoms with Crippen LogP contribution in [0, 0.1) is 6.92 Å². The molecular formula is C12H16OS. The first-order valence-corrected chi connectivity index (χ1v) is 6.05. The Morgan fingerprint density at radius 3 is 2.86 bits per heavy atom. The highest BCUT2D eigenvalue weighted by molar-refractivity contribution is 8.00. The smallest absolute Gasteiger partial charge is 0.0662 e. The minimum atomic E-state index is -0.0967. The van der Waals surface area contributed by atoms with Gasteiger partial charge in [0.2, 0.25) is 0 Å². The molecule has 0 saturated heterocycles. The minimum Gasteiger partial charge on any atom is -0.392 e. The van der Waals surface area contributed by atoms with E-state index in [1.807, 2.05) is 11.8 Å². The summed E-state index contributed by atoms with van der Waals surface area (Å²) in [4.78, 5) is 1.29. The highest BCUT2D eigenvalue weighted by Gasteiger charge is 2.25. The van der Waals surface area contributed by atoms with Crippen LogP contribution in [0.25, 0.3) is 0 Å².